The van der Waals surface area contributed by atoms with Gasteiger partial charge in [-0.05, 0) is 125 Å². The minimum absolute atomic E-state index is 0.418. The maximum atomic E-state index is 4.56. The van der Waals surface area contributed by atoms with Crippen LogP contribution in [-0.4, -0.2) is 6.21 Å². The lowest BCUT2D eigenvalue weighted by atomic mass is 9.78. The van der Waals surface area contributed by atoms with Crippen LogP contribution in [0, 0.1) is 5.92 Å². The molecular weight excluding hydrogens is 725 g/mol. The van der Waals surface area contributed by atoms with E-state index in [2.05, 4.69) is 205 Å². The second-order valence-electron chi connectivity index (χ2n) is 15.8. The van der Waals surface area contributed by atoms with Crippen LogP contribution < -0.4 is 4.90 Å². The number of para-hydroxylation sites is 1. The highest BCUT2D eigenvalue weighted by atomic mass is 15.1. The number of benzene rings is 8. The zero-order chi connectivity index (χ0) is 40.0. The van der Waals surface area contributed by atoms with Gasteiger partial charge in [0.15, 0.2) is 0 Å². The number of rotatable bonds is 5. The Hall–Kier alpha value is -7.55. The molecule has 0 amide bonds. The summed E-state index contributed by atoms with van der Waals surface area (Å²) in [5.74, 6) is 0.418. The zero-order valence-corrected chi connectivity index (χ0v) is 33.3. The molecule has 0 saturated carbocycles. The Kier molecular flexibility index (Phi) is 8.90. The molecule has 1 heterocycles. The molecule has 1 unspecified atom stereocenters. The highest BCUT2D eigenvalue weighted by Crippen LogP contribution is 2.46. The Bertz CT molecular complexity index is 3150. The first kappa shape index (κ1) is 35.6. The molecule has 0 saturated heterocycles. The molecule has 1 atom stereocenters. The van der Waals surface area contributed by atoms with Crippen molar-refractivity contribution in [3.8, 4) is 33.4 Å². The van der Waals surface area contributed by atoms with E-state index in [0.717, 1.165) is 23.5 Å². The average molecular weight is 767 g/mol. The van der Waals surface area contributed by atoms with Crippen LogP contribution in [0.1, 0.15) is 17.5 Å². The van der Waals surface area contributed by atoms with Crippen LogP contribution in [-0.2, 0) is 6.42 Å². The third-order valence-corrected chi connectivity index (χ3v) is 12.4. The van der Waals surface area contributed by atoms with Crippen molar-refractivity contribution in [3.05, 3.63) is 235 Å². The molecule has 0 bridgehead atoms. The topological polar surface area (TPSA) is 15.6 Å². The van der Waals surface area contributed by atoms with E-state index >= 15 is 0 Å². The number of hydrogen-bond donors (Lipinski definition) is 0. The number of anilines is 2. The van der Waals surface area contributed by atoms with Gasteiger partial charge in [0.2, 0.25) is 0 Å². The van der Waals surface area contributed by atoms with Gasteiger partial charge < -0.3 is 4.90 Å². The standard InChI is InChI=1S/C58H42N2/c1-39-34-36-59-37-35-44-38-43(30-33-56(44)60(39)45-16-3-2-4-17-45)48-32-31-47(49-19-7-8-20-50(48)49)41-26-28-42(29-27-41)57-52-21-9-11-23-54(52)58(55-24-12-10-22-53(55)57)51-25-13-15-40-14-5-6-18-46(40)51/h2-14,16-34,36-38,40H,1,15,35H2/b36-34-,59-37?. The van der Waals surface area contributed by atoms with E-state index in [9.17, 15) is 0 Å². The molecule has 0 radical (unpaired) electrons. The summed E-state index contributed by atoms with van der Waals surface area (Å²) in [5.41, 5.74) is 15.6. The maximum Gasteiger partial charge on any atom is 0.0497 e. The average Bonchev–Trinajstić information content (AvgIpc) is 3.39. The molecular formula is C58H42N2. The molecule has 8 aromatic rings. The predicted molar refractivity (Wildman–Crippen MR) is 257 cm³/mol. The molecule has 2 aliphatic carbocycles. The quantitative estimate of drug-likeness (QED) is 0.159. The van der Waals surface area contributed by atoms with Crippen molar-refractivity contribution in [2.75, 3.05) is 4.90 Å². The van der Waals surface area contributed by atoms with Crippen LogP contribution in [0.4, 0.5) is 11.4 Å². The molecule has 0 N–H and O–H groups in total. The fraction of sp³-hybridized carbons (Fsp3) is 0.0517. The van der Waals surface area contributed by atoms with Gasteiger partial charge in [-0.15, -0.1) is 0 Å². The van der Waals surface area contributed by atoms with Crippen molar-refractivity contribution in [2.24, 2.45) is 10.9 Å². The summed E-state index contributed by atoms with van der Waals surface area (Å²) in [6.07, 6.45) is 21.3. The van der Waals surface area contributed by atoms with E-state index in [-0.39, 0.29) is 0 Å². The summed E-state index contributed by atoms with van der Waals surface area (Å²) in [6.45, 7) is 4.41. The van der Waals surface area contributed by atoms with Gasteiger partial charge in [0.1, 0.15) is 0 Å². The van der Waals surface area contributed by atoms with Crippen LogP contribution in [0.15, 0.2) is 229 Å². The fourth-order valence-electron chi connectivity index (χ4n) is 9.67. The molecule has 8 aromatic carbocycles. The number of nitrogens with zero attached hydrogens (tertiary/aromatic N) is 2. The monoisotopic (exact) mass is 766 g/mol. The highest BCUT2D eigenvalue weighted by Gasteiger charge is 2.24. The minimum Gasteiger partial charge on any atom is -0.311 e. The number of allylic oxidation sites excluding steroid dienone is 9. The minimum atomic E-state index is 0.418. The van der Waals surface area contributed by atoms with E-state index in [1.165, 1.54) is 88.0 Å². The lowest BCUT2D eigenvalue weighted by Gasteiger charge is -2.28. The second kappa shape index (κ2) is 15.0. The third-order valence-electron chi connectivity index (χ3n) is 12.4. The molecule has 1 aliphatic heterocycles. The van der Waals surface area contributed by atoms with E-state index in [1.807, 2.05) is 24.6 Å². The normalized spacial score (nSPS) is 16.5. The van der Waals surface area contributed by atoms with Crippen molar-refractivity contribution in [3.63, 3.8) is 0 Å². The Morgan fingerprint density at radius 1 is 0.533 bits per heavy atom. The van der Waals surface area contributed by atoms with Crippen molar-refractivity contribution in [1.29, 1.82) is 0 Å². The molecule has 284 valence electrons. The fourth-order valence-corrected chi connectivity index (χ4v) is 9.67. The Labute approximate surface area is 351 Å². The zero-order valence-electron chi connectivity index (χ0n) is 33.3. The molecule has 60 heavy (non-hydrogen) atoms. The van der Waals surface area contributed by atoms with Gasteiger partial charge in [-0.1, -0.05) is 176 Å². The second-order valence-corrected chi connectivity index (χ2v) is 15.8. The molecule has 3 aliphatic rings. The van der Waals surface area contributed by atoms with Gasteiger partial charge >= 0.3 is 0 Å². The molecule has 0 spiro atoms. The van der Waals surface area contributed by atoms with Crippen molar-refractivity contribution >= 4 is 55.5 Å². The van der Waals surface area contributed by atoms with E-state index in [0.29, 0.717) is 12.3 Å². The first-order valence-corrected chi connectivity index (χ1v) is 20.9. The summed E-state index contributed by atoms with van der Waals surface area (Å²) in [4.78, 5) is 6.78. The Morgan fingerprint density at radius 2 is 1.13 bits per heavy atom. The smallest absolute Gasteiger partial charge is 0.0497 e. The summed E-state index contributed by atoms with van der Waals surface area (Å²) < 4.78 is 0. The van der Waals surface area contributed by atoms with E-state index in [4.69, 9.17) is 0 Å². The summed E-state index contributed by atoms with van der Waals surface area (Å²) in [5, 5.41) is 7.59. The van der Waals surface area contributed by atoms with E-state index in [1.54, 1.807) is 0 Å². The lowest BCUT2D eigenvalue weighted by Crippen LogP contribution is -2.16. The molecule has 0 fully saturated rings. The molecule has 11 rings (SSSR count). The summed E-state index contributed by atoms with van der Waals surface area (Å²) in [7, 11) is 0. The van der Waals surface area contributed by atoms with Crippen molar-refractivity contribution in [1.82, 2.24) is 0 Å². The van der Waals surface area contributed by atoms with E-state index < -0.39 is 0 Å². The van der Waals surface area contributed by atoms with Crippen LogP contribution in [0.3, 0.4) is 0 Å². The molecule has 0 aromatic heterocycles. The summed E-state index contributed by atoms with van der Waals surface area (Å²) in [6, 6.07) is 57.9. The largest absolute Gasteiger partial charge is 0.311 e. The highest BCUT2D eigenvalue weighted by molar-refractivity contribution is 6.20. The lowest BCUT2D eigenvalue weighted by molar-refractivity contribution is 0.784. The maximum absolute atomic E-state index is 4.56. The van der Waals surface area contributed by atoms with Crippen molar-refractivity contribution in [2.45, 2.75) is 12.8 Å². The van der Waals surface area contributed by atoms with Crippen molar-refractivity contribution < 1.29 is 0 Å². The SMILES string of the molecule is C=C1/C=C\N=CCc2cc(-c3ccc(-c4ccc(-c5c6ccccc6c(C6=C7C=CC=CC7CC=C6)c6ccccc56)cc4)c4ccccc34)ccc2N1c1ccccc1. The van der Waals surface area contributed by atoms with Crippen LogP contribution >= 0.6 is 0 Å². The number of hydrogen-bond acceptors (Lipinski definition) is 2. The van der Waals surface area contributed by atoms with Gasteiger partial charge in [0.25, 0.3) is 0 Å². The van der Waals surface area contributed by atoms with Crippen LogP contribution in [0.5, 0.6) is 0 Å². The van der Waals surface area contributed by atoms with Crippen LogP contribution in [0.2, 0.25) is 0 Å². The number of fused-ring (bicyclic) bond motifs is 5. The Morgan fingerprint density at radius 3 is 1.83 bits per heavy atom. The Balaban J connectivity index is 1.00. The first-order chi connectivity index (χ1) is 29.7. The van der Waals surface area contributed by atoms with Gasteiger partial charge in [0.05, 0.1) is 0 Å². The first-order valence-electron chi connectivity index (χ1n) is 20.9. The predicted octanol–water partition coefficient (Wildman–Crippen LogP) is 15.4. The molecule has 2 nitrogen and oxygen atoms in total. The van der Waals surface area contributed by atoms with Gasteiger partial charge in [-0.25, -0.2) is 0 Å². The van der Waals surface area contributed by atoms with Gasteiger partial charge in [-0.3, -0.25) is 4.99 Å². The number of aliphatic imine (C=N–C) groups is 1. The van der Waals surface area contributed by atoms with Gasteiger partial charge in [-0.2, -0.15) is 0 Å². The van der Waals surface area contributed by atoms with Crippen LogP contribution in [0.25, 0.3) is 71.3 Å². The third kappa shape index (κ3) is 6.08. The molecule has 2 heteroatoms. The van der Waals surface area contributed by atoms with Gasteiger partial charge in [0, 0.05) is 41.8 Å². The summed E-state index contributed by atoms with van der Waals surface area (Å²) >= 11 is 0.